The quantitative estimate of drug-likeness (QED) is 0.462. The third kappa shape index (κ3) is 5.29. The molecule has 1 fully saturated rings. The van der Waals surface area contributed by atoms with Crippen LogP contribution in [0.15, 0.2) is 29.7 Å². The fourth-order valence-corrected chi connectivity index (χ4v) is 5.85. The summed E-state index contributed by atoms with van der Waals surface area (Å²) in [5, 5.41) is 16.4. The van der Waals surface area contributed by atoms with Gasteiger partial charge in [-0.1, -0.05) is 0 Å². The van der Waals surface area contributed by atoms with E-state index in [9.17, 15) is 31.1 Å². The topological polar surface area (TPSA) is 126 Å². The number of aliphatic hydroxyl groups is 1. The summed E-state index contributed by atoms with van der Waals surface area (Å²) in [6, 6.07) is -0.922. The Bertz CT molecular complexity index is 1310. The first kappa shape index (κ1) is 25.4. The lowest BCUT2D eigenvalue weighted by Crippen LogP contribution is -2.50. The Morgan fingerprint density at radius 1 is 1.26 bits per heavy atom. The highest BCUT2D eigenvalue weighted by Gasteiger charge is 2.38. The molecule has 2 N–H and O–H groups in total. The van der Waals surface area contributed by atoms with Crippen molar-refractivity contribution in [3.63, 3.8) is 0 Å². The van der Waals surface area contributed by atoms with Crippen LogP contribution >= 0.6 is 11.3 Å². The zero-order valence-corrected chi connectivity index (χ0v) is 20.1. The van der Waals surface area contributed by atoms with Crippen molar-refractivity contribution in [3.8, 4) is 10.6 Å². The summed E-state index contributed by atoms with van der Waals surface area (Å²) in [5.41, 5.74) is -1.55. The number of aryl methyl sites for hydroxylation is 1. The SMILES string of the molecule is CC(O)c1ncc(-c2nc(N[C@H]3CCN(S(=O)(=O)c4cnn(C)c4)C[C@H]3F)ncc2C(F)(F)F)s1. The number of halogens is 4. The van der Waals surface area contributed by atoms with E-state index in [0.29, 0.717) is 6.20 Å². The normalized spacial score (nSPS) is 20.7. The molecule has 1 unspecified atom stereocenters. The maximum atomic E-state index is 15.0. The first-order chi connectivity index (χ1) is 16.4. The van der Waals surface area contributed by atoms with Crippen molar-refractivity contribution < 1.29 is 31.1 Å². The summed E-state index contributed by atoms with van der Waals surface area (Å²) in [5.74, 6) is -0.240. The number of thiazole rings is 1. The Morgan fingerprint density at radius 2 is 2.00 bits per heavy atom. The van der Waals surface area contributed by atoms with Gasteiger partial charge >= 0.3 is 6.18 Å². The Morgan fingerprint density at radius 3 is 2.57 bits per heavy atom. The first-order valence-corrected chi connectivity index (χ1v) is 12.6. The van der Waals surface area contributed by atoms with Crippen LogP contribution in [0.5, 0.6) is 0 Å². The molecule has 10 nitrogen and oxygen atoms in total. The molecule has 190 valence electrons. The number of nitrogens with one attached hydrogen (secondary N) is 1. The maximum Gasteiger partial charge on any atom is 0.420 e. The lowest BCUT2D eigenvalue weighted by Gasteiger charge is -2.34. The van der Waals surface area contributed by atoms with E-state index in [1.54, 1.807) is 7.05 Å². The van der Waals surface area contributed by atoms with Crippen LogP contribution in [0.1, 0.15) is 30.0 Å². The number of anilines is 1. The number of aliphatic hydroxyl groups excluding tert-OH is 1. The van der Waals surface area contributed by atoms with Crippen LogP contribution in [0.4, 0.5) is 23.5 Å². The molecular formula is C19H21F4N7O3S2. The molecule has 4 rings (SSSR count). The van der Waals surface area contributed by atoms with Gasteiger partial charge in [0.1, 0.15) is 27.7 Å². The van der Waals surface area contributed by atoms with Crippen LogP contribution in [0.2, 0.25) is 0 Å². The van der Waals surface area contributed by atoms with Gasteiger partial charge in [-0.15, -0.1) is 11.3 Å². The second-order valence-electron chi connectivity index (χ2n) is 7.96. The summed E-state index contributed by atoms with van der Waals surface area (Å²) in [7, 11) is -2.38. The van der Waals surface area contributed by atoms with Gasteiger partial charge in [-0.3, -0.25) is 4.68 Å². The number of alkyl halides is 4. The molecule has 0 bridgehead atoms. The molecule has 0 saturated carbocycles. The lowest BCUT2D eigenvalue weighted by atomic mass is 10.1. The van der Waals surface area contributed by atoms with E-state index in [1.807, 2.05) is 0 Å². The third-order valence-electron chi connectivity index (χ3n) is 5.35. The van der Waals surface area contributed by atoms with E-state index in [0.717, 1.165) is 15.6 Å². The van der Waals surface area contributed by atoms with Gasteiger partial charge < -0.3 is 10.4 Å². The largest absolute Gasteiger partial charge is 0.420 e. The number of hydrogen-bond acceptors (Lipinski definition) is 9. The zero-order chi connectivity index (χ0) is 25.5. The Kier molecular flexibility index (Phi) is 6.82. The molecule has 0 amide bonds. The third-order valence-corrected chi connectivity index (χ3v) is 8.34. The molecule has 0 aliphatic carbocycles. The standard InChI is InChI=1S/C19H21F4N7O3S2/c1-10(31)17-24-7-15(34-17)16-12(19(21,22)23)6-25-18(28-16)27-14-3-4-30(9-13(14)20)35(32,33)11-5-26-29(2)8-11/h5-8,10,13-14,31H,3-4,9H2,1-2H3,(H,25,27,28)/t10?,13-,14+/m1/s1. The minimum absolute atomic E-state index is 0.0185. The molecule has 1 aliphatic heterocycles. The molecule has 3 aromatic heterocycles. The van der Waals surface area contributed by atoms with Crippen molar-refractivity contribution in [3.05, 3.63) is 35.4 Å². The van der Waals surface area contributed by atoms with Crippen molar-refractivity contribution in [2.45, 2.75) is 42.7 Å². The summed E-state index contributed by atoms with van der Waals surface area (Å²) in [6.07, 6.45) is -3.10. The van der Waals surface area contributed by atoms with Gasteiger partial charge in [-0.25, -0.2) is 27.8 Å². The zero-order valence-electron chi connectivity index (χ0n) is 18.4. The molecule has 1 saturated heterocycles. The monoisotopic (exact) mass is 535 g/mol. The first-order valence-electron chi connectivity index (χ1n) is 10.3. The van der Waals surface area contributed by atoms with Gasteiger partial charge in [0.25, 0.3) is 0 Å². The average molecular weight is 536 g/mol. The fourth-order valence-electron chi connectivity index (χ4n) is 3.54. The molecule has 0 spiro atoms. The van der Waals surface area contributed by atoms with Crippen LogP contribution in [0.3, 0.4) is 0 Å². The molecule has 16 heteroatoms. The van der Waals surface area contributed by atoms with E-state index < -0.39 is 52.3 Å². The number of piperidine rings is 1. The van der Waals surface area contributed by atoms with Crippen LogP contribution in [-0.2, 0) is 23.2 Å². The molecule has 3 aromatic rings. The molecule has 1 aliphatic rings. The highest BCUT2D eigenvalue weighted by Crippen LogP contribution is 2.39. The van der Waals surface area contributed by atoms with Gasteiger partial charge in [-0.05, 0) is 13.3 Å². The van der Waals surface area contributed by atoms with Crippen molar-refractivity contribution in [1.29, 1.82) is 0 Å². The summed E-state index contributed by atoms with van der Waals surface area (Å²) in [4.78, 5) is 11.6. The van der Waals surface area contributed by atoms with E-state index in [1.165, 1.54) is 30.2 Å². The van der Waals surface area contributed by atoms with Crippen molar-refractivity contribution in [2.24, 2.45) is 7.05 Å². The second-order valence-corrected chi connectivity index (χ2v) is 11.0. The summed E-state index contributed by atoms with van der Waals surface area (Å²) < 4.78 is 83.4. The molecule has 0 radical (unpaired) electrons. The number of nitrogens with zero attached hydrogens (tertiary/aromatic N) is 6. The van der Waals surface area contributed by atoms with Gasteiger partial charge in [0.05, 0.1) is 22.8 Å². The molecule has 4 heterocycles. The van der Waals surface area contributed by atoms with Crippen LogP contribution < -0.4 is 5.32 Å². The van der Waals surface area contributed by atoms with Crippen molar-refractivity contribution in [2.75, 3.05) is 18.4 Å². The van der Waals surface area contributed by atoms with Crippen molar-refractivity contribution >= 4 is 27.3 Å². The Hall–Kier alpha value is -2.69. The predicted molar refractivity (Wildman–Crippen MR) is 118 cm³/mol. The fraction of sp³-hybridized carbons (Fsp3) is 0.474. The molecule has 0 aromatic carbocycles. The Labute approximate surface area is 201 Å². The number of rotatable bonds is 6. The maximum absolute atomic E-state index is 15.0. The average Bonchev–Trinajstić information content (AvgIpc) is 3.44. The Balaban J connectivity index is 1.54. The van der Waals surface area contributed by atoms with Crippen LogP contribution in [0, 0.1) is 0 Å². The number of aromatic nitrogens is 5. The van der Waals surface area contributed by atoms with Crippen LogP contribution in [0.25, 0.3) is 10.6 Å². The highest BCUT2D eigenvalue weighted by molar-refractivity contribution is 7.89. The number of sulfonamides is 1. The predicted octanol–water partition coefficient (Wildman–Crippen LogP) is 2.62. The summed E-state index contributed by atoms with van der Waals surface area (Å²) >= 11 is 0.849. The van der Waals surface area contributed by atoms with E-state index >= 15 is 0 Å². The minimum Gasteiger partial charge on any atom is -0.386 e. The van der Waals surface area contributed by atoms with Gasteiger partial charge in [0, 0.05) is 38.7 Å². The molecule has 3 atom stereocenters. The lowest BCUT2D eigenvalue weighted by molar-refractivity contribution is -0.137. The highest BCUT2D eigenvalue weighted by atomic mass is 32.2. The van der Waals surface area contributed by atoms with Gasteiger partial charge in [0.2, 0.25) is 16.0 Å². The van der Waals surface area contributed by atoms with E-state index in [-0.39, 0.29) is 33.7 Å². The molecular weight excluding hydrogens is 514 g/mol. The van der Waals surface area contributed by atoms with Crippen molar-refractivity contribution in [1.82, 2.24) is 29.0 Å². The van der Waals surface area contributed by atoms with Crippen LogP contribution in [-0.4, -0.2) is 67.9 Å². The smallest absolute Gasteiger partial charge is 0.386 e. The second kappa shape index (κ2) is 9.40. The molecule has 35 heavy (non-hydrogen) atoms. The van der Waals surface area contributed by atoms with E-state index in [2.05, 4.69) is 25.4 Å². The van der Waals surface area contributed by atoms with Gasteiger partial charge in [-0.2, -0.15) is 22.6 Å². The number of hydrogen-bond donors (Lipinski definition) is 2. The van der Waals surface area contributed by atoms with Gasteiger partial charge in [0.15, 0.2) is 0 Å². The van der Waals surface area contributed by atoms with E-state index in [4.69, 9.17) is 0 Å². The summed E-state index contributed by atoms with van der Waals surface area (Å²) in [6.45, 7) is 0.965. The minimum atomic E-state index is -4.75.